The Balaban J connectivity index is 2.92. The van der Waals surface area contributed by atoms with Crippen LogP contribution in [0.5, 0.6) is 0 Å². The lowest BCUT2D eigenvalue weighted by molar-refractivity contribution is 0.787. The molecule has 1 aromatic rings. The molecular formula is C7H11ClN4. The van der Waals surface area contributed by atoms with Crippen molar-refractivity contribution in [1.82, 2.24) is 15.4 Å². The topological polar surface area (TPSA) is 41.9 Å². The molecular weight excluding hydrogens is 176 g/mol. The number of hydrogen-bond donors (Lipinski definition) is 0. The Morgan fingerprint density at radius 2 is 2.08 bits per heavy atom. The maximum absolute atomic E-state index is 5.87. The van der Waals surface area contributed by atoms with E-state index >= 15 is 0 Å². The van der Waals surface area contributed by atoms with Crippen LogP contribution in [0.4, 0.5) is 5.82 Å². The third-order valence-electron chi connectivity index (χ3n) is 1.64. The van der Waals surface area contributed by atoms with Gasteiger partial charge in [-0.15, -0.1) is 10.2 Å². The van der Waals surface area contributed by atoms with E-state index in [9.17, 15) is 0 Å². The molecule has 0 aliphatic heterocycles. The van der Waals surface area contributed by atoms with Crippen molar-refractivity contribution in [3.05, 3.63) is 11.2 Å². The Kier molecular flexibility index (Phi) is 3.22. The van der Waals surface area contributed by atoms with Gasteiger partial charge in [-0.3, -0.25) is 0 Å². The minimum atomic E-state index is 0.550. The van der Waals surface area contributed by atoms with Crippen molar-refractivity contribution in [3.8, 4) is 0 Å². The molecule has 4 nitrogen and oxygen atoms in total. The molecule has 1 aromatic heterocycles. The molecule has 0 fully saturated rings. The van der Waals surface area contributed by atoms with Gasteiger partial charge in [0.05, 0.1) is 6.20 Å². The Morgan fingerprint density at radius 3 is 2.58 bits per heavy atom. The van der Waals surface area contributed by atoms with Gasteiger partial charge in [-0.05, 0) is 19.1 Å². The zero-order valence-electron chi connectivity index (χ0n) is 7.16. The Hall–Kier alpha value is -0.900. The molecule has 0 amide bonds. The van der Waals surface area contributed by atoms with Gasteiger partial charge in [-0.1, -0.05) is 11.6 Å². The molecule has 0 bridgehead atoms. The van der Waals surface area contributed by atoms with Gasteiger partial charge in [-0.25, -0.2) is 0 Å². The summed E-state index contributed by atoms with van der Waals surface area (Å²) < 4.78 is 0. The van der Waals surface area contributed by atoms with E-state index in [1.54, 1.807) is 0 Å². The van der Waals surface area contributed by atoms with Crippen molar-refractivity contribution >= 4 is 17.4 Å². The summed E-state index contributed by atoms with van der Waals surface area (Å²) in [4.78, 5) is 2.02. The molecule has 0 saturated heterocycles. The van der Waals surface area contributed by atoms with Crippen molar-refractivity contribution in [2.24, 2.45) is 0 Å². The van der Waals surface area contributed by atoms with Gasteiger partial charge in [0.1, 0.15) is 5.02 Å². The van der Waals surface area contributed by atoms with E-state index in [0.717, 1.165) is 13.1 Å². The first-order chi connectivity index (χ1) is 5.79. The molecule has 1 heterocycles. The average Bonchev–Trinajstić information content (AvgIpc) is 2.10. The highest BCUT2D eigenvalue weighted by molar-refractivity contribution is 6.32. The highest BCUT2D eigenvalue weighted by Gasteiger charge is 2.07. The van der Waals surface area contributed by atoms with Crippen LogP contribution in [0.1, 0.15) is 13.8 Å². The molecule has 5 heteroatoms. The van der Waals surface area contributed by atoms with E-state index < -0.39 is 0 Å². The Morgan fingerprint density at radius 1 is 1.42 bits per heavy atom. The maximum atomic E-state index is 5.87. The number of anilines is 1. The van der Waals surface area contributed by atoms with E-state index in [2.05, 4.69) is 15.4 Å². The SMILES string of the molecule is CCN(CC)c1nnncc1Cl. The Labute approximate surface area is 76.6 Å². The van der Waals surface area contributed by atoms with Gasteiger partial charge in [0.15, 0.2) is 5.82 Å². The minimum Gasteiger partial charge on any atom is -0.354 e. The molecule has 66 valence electrons. The summed E-state index contributed by atoms with van der Waals surface area (Å²) >= 11 is 5.87. The van der Waals surface area contributed by atoms with Crippen LogP contribution in [-0.4, -0.2) is 28.5 Å². The molecule has 0 saturated carbocycles. The normalized spacial score (nSPS) is 9.92. The van der Waals surface area contributed by atoms with E-state index in [0.29, 0.717) is 10.8 Å². The van der Waals surface area contributed by atoms with Crippen LogP contribution >= 0.6 is 11.6 Å². The van der Waals surface area contributed by atoms with Crippen LogP contribution < -0.4 is 4.90 Å². The second-order valence-corrected chi connectivity index (χ2v) is 2.69. The number of aromatic nitrogens is 3. The van der Waals surface area contributed by atoms with Gasteiger partial charge in [0, 0.05) is 13.1 Å². The molecule has 0 aliphatic carbocycles. The number of halogens is 1. The van der Waals surface area contributed by atoms with Crippen molar-refractivity contribution < 1.29 is 0 Å². The molecule has 0 spiro atoms. The zero-order chi connectivity index (χ0) is 8.97. The molecule has 0 atom stereocenters. The van der Waals surface area contributed by atoms with Crippen LogP contribution in [0.15, 0.2) is 6.20 Å². The third kappa shape index (κ3) is 1.82. The first-order valence-corrected chi connectivity index (χ1v) is 4.26. The van der Waals surface area contributed by atoms with Crippen LogP contribution in [-0.2, 0) is 0 Å². The molecule has 12 heavy (non-hydrogen) atoms. The quantitative estimate of drug-likeness (QED) is 0.715. The van der Waals surface area contributed by atoms with Crippen LogP contribution in [0.25, 0.3) is 0 Å². The maximum Gasteiger partial charge on any atom is 0.173 e. The van der Waals surface area contributed by atoms with Crippen molar-refractivity contribution in [2.75, 3.05) is 18.0 Å². The Bertz CT molecular complexity index is 249. The summed E-state index contributed by atoms with van der Waals surface area (Å²) in [7, 11) is 0. The van der Waals surface area contributed by atoms with Crippen LogP contribution in [0.2, 0.25) is 5.02 Å². The number of nitrogens with zero attached hydrogens (tertiary/aromatic N) is 4. The largest absolute Gasteiger partial charge is 0.354 e. The summed E-state index contributed by atoms with van der Waals surface area (Å²) in [5.74, 6) is 0.705. The lowest BCUT2D eigenvalue weighted by atomic mass is 10.4. The number of hydrogen-bond acceptors (Lipinski definition) is 4. The second kappa shape index (κ2) is 4.21. The fraction of sp³-hybridized carbons (Fsp3) is 0.571. The highest BCUT2D eigenvalue weighted by atomic mass is 35.5. The smallest absolute Gasteiger partial charge is 0.173 e. The van der Waals surface area contributed by atoms with Gasteiger partial charge in [-0.2, -0.15) is 0 Å². The van der Waals surface area contributed by atoms with E-state index in [1.807, 2.05) is 18.7 Å². The van der Waals surface area contributed by atoms with Crippen molar-refractivity contribution in [2.45, 2.75) is 13.8 Å². The summed E-state index contributed by atoms with van der Waals surface area (Å²) in [6.07, 6.45) is 1.50. The molecule has 0 aromatic carbocycles. The van der Waals surface area contributed by atoms with E-state index in [1.165, 1.54) is 6.20 Å². The summed E-state index contributed by atoms with van der Waals surface area (Å²) in [5.41, 5.74) is 0. The standard InChI is InChI=1S/C7H11ClN4/c1-3-12(4-2)7-6(8)5-9-11-10-7/h5H,3-4H2,1-2H3. The van der Waals surface area contributed by atoms with Crippen LogP contribution in [0.3, 0.4) is 0 Å². The second-order valence-electron chi connectivity index (χ2n) is 2.28. The van der Waals surface area contributed by atoms with Gasteiger partial charge < -0.3 is 4.90 Å². The van der Waals surface area contributed by atoms with Gasteiger partial charge in [0.2, 0.25) is 0 Å². The van der Waals surface area contributed by atoms with Crippen molar-refractivity contribution in [3.63, 3.8) is 0 Å². The van der Waals surface area contributed by atoms with Gasteiger partial charge >= 0.3 is 0 Å². The fourth-order valence-electron chi connectivity index (χ4n) is 0.988. The molecule has 0 aliphatic rings. The lowest BCUT2D eigenvalue weighted by Crippen LogP contribution is -2.23. The minimum absolute atomic E-state index is 0.550. The van der Waals surface area contributed by atoms with Crippen molar-refractivity contribution in [1.29, 1.82) is 0 Å². The summed E-state index contributed by atoms with van der Waals surface area (Å²) in [6.45, 7) is 5.83. The third-order valence-corrected chi connectivity index (χ3v) is 1.91. The first kappa shape index (κ1) is 9.19. The average molecular weight is 187 g/mol. The zero-order valence-corrected chi connectivity index (χ0v) is 7.91. The lowest BCUT2D eigenvalue weighted by Gasteiger charge is -2.18. The molecule has 0 radical (unpaired) electrons. The van der Waals surface area contributed by atoms with Crippen LogP contribution in [0, 0.1) is 0 Å². The first-order valence-electron chi connectivity index (χ1n) is 3.88. The monoisotopic (exact) mass is 186 g/mol. The van der Waals surface area contributed by atoms with Gasteiger partial charge in [0.25, 0.3) is 0 Å². The summed E-state index contributed by atoms with van der Waals surface area (Å²) in [6, 6.07) is 0. The van der Waals surface area contributed by atoms with E-state index in [-0.39, 0.29) is 0 Å². The van der Waals surface area contributed by atoms with E-state index in [4.69, 9.17) is 11.6 Å². The predicted octanol–water partition coefficient (Wildman–Crippen LogP) is 1.37. The highest BCUT2D eigenvalue weighted by Crippen LogP contribution is 2.19. The molecule has 1 rings (SSSR count). The molecule has 0 unspecified atom stereocenters. The predicted molar refractivity (Wildman–Crippen MR) is 48.4 cm³/mol. The molecule has 0 N–H and O–H groups in total. The number of rotatable bonds is 3. The fourth-order valence-corrected chi connectivity index (χ4v) is 1.19. The summed E-state index contributed by atoms with van der Waals surface area (Å²) in [5, 5.41) is 11.5.